The summed E-state index contributed by atoms with van der Waals surface area (Å²) in [6.07, 6.45) is 0. The Morgan fingerprint density at radius 3 is 1.33 bits per heavy atom. The van der Waals surface area contributed by atoms with Crippen molar-refractivity contribution >= 4 is 0 Å². The molecule has 0 fully saturated rings. The fourth-order valence-corrected chi connectivity index (χ4v) is 1.31. The molecule has 1 aromatic carbocycles. The average Bonchev–Trinajstić information content (AvgIpc) is 1.97. The second-order valence-electron chi connectivity index (χ2n) is 3.25. The molecule has 12 heavy (non-hydrogen) atoms. The molecule has 0 atom stereocenters. The zero-order chi connectivity index (χ0) is 8.59. The second kappa shape index (κ2) is 4.19. The van der Waals surface area contributed by atoms with Gasteiger partial charge in [0, 0.05) is 0 Å². The predicted octanol–water partition coefficient (Wildman–Crippen LogP) is 3.03. The first kappa shape index (κ1) is 11.8. The van der Waals surface area contributed by atoms with E-state index in [9.17, 15) is 0 Å². The summed E-state index contributed by atoms with van der Waals surface area (Å²) in [6.45, 7) is 10.7. The van der Waals surface area contributed by atoms with Crippen LogP contribution in [-0.2, 0) is 19.5 Å². The van der Waals surface area contributed by atoms with Crippen LogP contribution in [0.5, 0.6) is 0 Å². The Bertz CT molecular complexity index is 261. The molecule has 1 rings (SSSR count). The molecule has 0 saturated heterocycles. The topological polar surface area (TPSA) is 0 Å². The van der Waals surface area contributed by atoms with Gasteiger partial charge in [-0.15, -0.1) is 0 Å². The largest absolute Gasteiger partial charge is 1.00 e. The van der Waals surface area contributed by atoms with E-state index in [0.717, 1.165) is 0 Å². The monoisotopic (exact) mass is 249 g/mol. The molecular formula is C11H15Ru. The fourth-order valence-electron chi connectivity index (χ4n) is 1.31. The van der Waals surface area contributed by atoms with Crippen molar-refractivity contribution < 1.29 is 19.5 Å². The summed E-state index contributed by atoms with van der Waals surface area (Å²) < 4.78 is 0. The zero-order valence-electron chi connectivity index (χ0n) is 8.35. The molecule has 0 aromatic heterocycles. The molecule has 0 aliphatic rings. The quantitative estimate of drug-likeness (QED) is 0.489. The van der Waals surface area contributed by atoms with Crippen LogP contribution in [0.15, 0.2) is 0 Å². The van der Waals surface area contributed by atoms with Gasteiger partial charge in [0.15, 0.2) is 0 Å². The summed E-state index contributed by atoms with van der Waals surface area (Å²) in [7, 11) is 0. The van der Waals surface area contributed by atoms with Crippen LogP contribution >= 0.6 is 0 Å². The van der Waals surface area contributed by atoms with Gasteiger partial charge in [-0.05, 0) is 0 Å². The minimum Gasteiger partial charge on any atom is -0.177 e. The molecule has 1 aromatic rings. The molecule has 0 amide bonds. The van der Waals surface area contributed by atoms with Crippen molar-refractivity contribution in [3.8, 4) is 0 Å². The summed E-state index contributed by atoms with van der Waals surface area (Å²) in [5, 5.41) is 0. The van der Waals surface area contributed by atoms with E-state index in [1.165, 1.54) is 27.8 Å². The summed E-state index contributed by atoms with van der Waals surface area (Å²) in [5.41, 5.74) is 6.75. The third-order valence-corrected chi connectivity index (χ3v) is 2.62. The van der Waals surface area contributed by atoms with E-state index in [4.69, 9.17) is 0 Å². The molecule has 0 saturated carbocycles. The Morgan fingerprint density at radius 2 is 1.00 bits per heavy atom. The second-order valence-corrected chi connectivity index (χ2v) is 3.25. The van der Waals surface area contributed by atoms with Crippen molar-refractivity contribution in [2.24, 2.45) is 0 Å². The summed E-state index contributed by atoms with van der Waals surface area (Å²) in [5.74, 6) is 0. The molecule has 67 valence electrons. The number of aryl methyl sites for hydroxylation is 2. The van der Waals surface area contributed by atoms with Crippen LogP contribution < -0.4 is 0 Å². The number of benzene rings is 1. The van der Waals surface area contributed by atoms with Crippen LogP contribution in [0.3, 0.4) is 0 Å². The maximum atomic E-state index is 3.35. The first-order valence-corrected chi connectivity index (χ1v) is 4.00. The van der Waals surface area contributed by atoms with Crippen LogP contribution in [0.1, 0.15) is 27.8 Å². The molecule has 0 nitrogen and oxygen atoms in total. The van der Waals surface area contributed by atoms with Gasteiger partial charge in [-0.1, -0.05) is 34.6 Å². The van der Waals surface area contributed by atoms with E-state index in [2.05, 4.69) is 40.7 Å². The summed E-state index contributed by atoms with van der Waals surface area (Å²) in [6, 6.07) is 3.35. The third-order valence-electron chi connectivity index (χ3n) is 2.62. The predicted molar refractivity (Wildman–Crippen MR) is 49.0 cm³/mol. The van der Waals surface area contributed by atoms with Gasteiger partial charge in [0.25, 0.3) is 0 Å². The molecule has 0 aliphatic heterocycles. The molecule has 0 spiro atoms. The van der Waals surface area contributed by atoms with Crippen LogP contribution in [-0.4, -0.2) is 0 Å². The van der Waals surface area contributed by atoms with E-state index in [1.54, 1.807) is 0 Å². The maximum absolute atomic E-state index is 3.35. The molecule has 1 radical (unpaired) electrons. The minimum absolute atomic E-state index is 0. The van der Waals surface area contributed by atoms with Crippen LogP contribution in [0.25, 0.3) is 0 Å². The van der Waals surface area contributed by atoms with E-state index in [0.29, 0.717) is 0 Å². The third kappa shape index (κ3) is 1.96. The van der Waals surface area contributed by atoms with Gasteiger partial charge in [0.2, 0.25) is 0 Å². The van der Waals surface area contributed by atoms with Crippen LogP contribution in [0, 0.1) is 40.7 Å². The van der Waals surface area contributed by atoms with E-state index in [-0.39, 0.29) is 19.5 Å². The van der Waals surface area contributed by atoms with Crippen molar-refractivity contribution in [2.75, 3.05) is 0 Å². The zero-order valence-corrected chi connectivity index (χ0v) is 10.1. The Labute approximate surface area is 88.1 Å². The van der Waals surface area contributed by atoms with E-state index >= 15 is 0 Å². The van der Waals surface area contributed by atoms with Crippen molar-refractivity contribution in [3.63, 3.8) is 0 Å². The van der Waals surface area contributed by atoms with Gasteiger partial charge < -0.3 is 0 Å². The number of rotatable bonds is 0. The molecule has 0 N–H and O–H groups in total. The van der Waals surface area contributed by atoms with Crippen LogP contribution in [0.2, 0.25) is 0 Å². The van der Waals surface area contributed by atoms with Crippen LogP contribution in [0.4, 0.5) is 0 Å². The summed E-state index contributed by atoms with van der Waals surface area (Å²) in [4.78, 5) is 0. The summed E-state index contributed by atoms with van der Waals surface area (Å²) >= 11 is 0. The maximum Gasteiger partial charge on any atom is 1.00 e. The average molecular weight is 248 g/mol. The van der Waals surface area contributed by atoms with Gasteiger partial charge in [-0.2, -0.15) is 33.9 Å². The SMILES string of the molecule is Cc1[c-]c(C)c(C)c(C)c1C.[Ru+]. The fraction of sp³-hybridized carbons (Fsp3) is 0.455. The van der Waals surface area contributed by atoms with Gasteiger partial charge >= 0.3 is 19.5 Å². The molecule has 0 unspecified atom stereocenters. The molecular weight excluding hydrogens is 233 g/mol. The normalized spacial score (nSPS) is 9.42. The number of hydrogen-bond donors (Lipinski definition) is 0. The van der Waals surface area contributed by atoms with Crippen molar-refractivity contribution in [3.05, 3.63) is 33.9 Å². The van der Waals surface area contributed by atoms with Crippen molar-refractivity contribution in [2.45, 2.75) is 34.6 Å². The Balaban J connectivity index is 0.00000121. The smallest absolute Gasteiger partial charge is 0.177 e. The first-order chi connectivity index (χ1) is 5.04. The Hall–Kier alpha value is -0.157. The Morgan fingerprint density at radius 1 is 0.667 bits per heavy atom. The van der Waals surface area contributed by atoms with Gasteiger partial charge in [0.05, 0.1) is 0 Å². The van der Waals surface area contributed by atoms with E-state index < -0.39 is 0 Å². The minimum atomic E-state index is 0. The molecule has 0 bridgehead atoms. The Kier molecular flexibility index (Phi) is 4.13. The van der Waals surface area contributed by atoms with Gasteiger partial charge in [-0.25, -0.2) is 0 Å². The molecule has 1 heteroatoms. The first-order valence-electron chi connectivity index (χ1n) is 4.00. The standard InChI is InChI=1S/C11H15.Ru/c1-7-6-8(2)10(4)11(5)9(7)3;/h1-5H3;/q-1;+1. The molecule has 0 heterocycles. The molecule has 0 aliphatic carbocycles. The van der Waals surface area contributed by atoms with Crippen molar-refractivity contribution in [1.82, 2.24) is 0 Å². The van der Waals surface area contributed by atoms with E-state index in [1.807, 2.05) is 0 Å². The van der Waals surface area contributed by atoms with Gasteiger partial charge in [-0.3, -0.25) is 0 Å². The van der Waals surface area contributed by atoms with Crippen molar-refractivity contribution in [1.29, 1.82) is 0 Å². The van der Waals surface area contributed by atoms with Gasteiger partial charge in [0.1, 0.15) is 0 Å². The number of hydrogen-bond acceptors (Lipinski definition) is 0.